The summed E-state index contributed by atoms with van der Waals surface area (Å²) in [6.07, 6.45) is 0. The summed E-state index contributed by atoms with van der Waals surface area (Å²) < 4.78 is 0.549. The summed E-state index contributed by atoms with van der Waals surface area (Å²) in [5, 5.41) is 13.1. The van der Waals surface area contributed by atoms with E-state index in [1.165, 1.54) is 0 Å². The predicted molar refractivity (Wildman–Crippen MR) is 66.6 cm³/mol. The molecule has 0 aliphatic rings. The molecule has 1 aromatic carbocycles. The van der Waals surface area contributed by atoms with Crippen LogP contribution in [-0.2, 0) is 0 Å². The second-order valence-corrected chi connectivity index (χ2v) is 4.94. The molecule has 1 aromatic heterocycles. The summed E-state index contributed by atoms with van der Waals surface area (Å²) >= 11 is 0. The number of fused-ring (bicyclic) bond motifs is 1. The smallest absolute Gasteiger partial charge is 0.295 e. The monoisotopic (exact) mass is 233 g/mol. The van der Waals surface area contributed by atoms with Crippen LogP contribution >= 0.6 is 0 Å². The van der Waals surface area contributed by atoms with Gasteiger partial charge in [-0.1, -0.05) is 12.1 Å². The van der Waals surface area contributed by atoms with Crippen LogP contribution in [0, 0.1) is 0 Å². The van der Waals surface area contributed by atoms with Gasteiger partial charge in [0, 0.05) is 5.54 Å². The van der Waals surface area contributed by atoms with Gasteiger partial charge in [0.05, 0.1) is 10.9 Å². The highest BCUT2D eigenvalue weighted by atomic mass is 16.5. The average Bonchev–Trinajstić information content (AvgIpc) is 2.24. The second-order valence-electron chi connectivity index (χ2n) is 4.94. The van der Waals surface area contributed by atoms with E-state index in [0.29, 0.717) is 15.6 Å². The maximum Gasteiger partial charge on any atom is 0.295 e. The zero-order valence-corrected chi connectivity index (χ0v) is 10.1. The van der Waals surface area contributed by atoms with Gasteiger partial charge in [0.1, 0.15) is 0 Å². The third-order valence-electron chi connectivity index (χ3n) is 2.24. The lowest BCUT2D eigenvalue weighted by atomic mass is 10.1. The number of hydrogen-bond donors (Lipinski definition) is 2. The first-order valence-electron chi connectivity index (χ1n) is 5.38. The minimum atomic E-state index is -0.470. The van der Waals surface area contributed by atoms with Crippen LogP contribution in [0.3, 0.4) is 0 Å². The molecule has 0 amide bonds. The Morgan fingerprint density at radius 1 is 1.29 bits per heavy atom. The Morgan fingerprint density at radius 3 is 2.59 bits per heavy atom. The normalized spacial score (nSPS) is 11.7. The zero-order valence-electron chi connectivity index (χ0n) is 10.1. The fourth-order valence-corrected chi connectivity index (χ4v) is 1.54. The largest absolute Gasteiger partial charge is 0.422 e. The lowest BCUT2D eigenvalue weighted by Crippen LogP contribution is -2.32. The van der Waals surface area contributed by atoms with E-state index < -0.39 is 5.56 Å². The third-order valence-corrected chi connectivity index (χ3v) is 2.24. The van der Waals surface area contributed by atoms with E-state index in [1.807, 2.05) is 20.8 Å². The lowest BCUT2D eigenvalue weighted by Gasteiger charge is -2.21. The van der Waals surface area contributed by atoms with Crippen LogP contribution in [0.2, 0.25) is 0 Å². The van der Waals surface area contributed by atoms with E-state index in [-0.39, 0.29) is 11.5 Å². The maximum absolute atomic E-state index is 11.9. The number of nitrogens with zero attached hydrogens (tertiary/aromatic N) is 2. The number of para-hydroxylation sites is 1. The fourth-order valence-electron chi connectivity index (χ4n) is 1.54. The van der Waals surface area contributed by atoms with Gasteiger partial charge in [0.25, 0.3) is 5.56 Å². The second kappa shape index (κ2) is 3.76. The number of rotatable bonds is 1. The summed E-state index contributed by atoms with van der Waals surface area (Å²) in [5.41, 5.74) is -0.191. The van der Waals surface area contributed by atoms with Crippen LogP contribution in [-0.4, -0.2) is 20.5 Å². The summed E-state index contributed by atoms with van der Waals surface area (Å²) in [5.74, 6) is 0.154. The third kappa shape index (κ3) is 2.22. The molecule has 0 radical (unpaired) electrons. The average molecular weight is 233 g/mol. The molecule has 2 N–H and O–H groups in total. The molecule has 0 spiro atoms. The standard InChI is InChI=1S/C12H15N3O2/c1-12(2,3)14-11-13-9-7-5-4-6-8(9)10(16)15(11)17/h4-7,17H,1-3H3,(H,13,14). The van der Waals surface area contributed by atoms with Crippen molar-refractivity contribution in [1.82, 2.24) is 9.71 Å². The molecule has 0 fully saturated rings. The SMILES string of the molecule is CC(C)(C)Nc1nc2ccccc2c(=O)n1O. The van der Waals surface area contributed by atoms with Crippen molar-refractivity contribution in [2.45, 2.75) is 26.3 Å². The van der Waals surface area contributed by atoms with Crippen LogP contribution < -0.4 is 10.9 Å². The van der Waals surface area contributed by atoms with Crippen molar-refractivity contribution in [3.8, 4) is 0 Å². The molecule has 0 unspecified atom stereocenters. The summed E-state index contributed by atoms with van der Waals surface area (Å²) in [6.45, 7) is 5.77. The van der Waals surface area contributed by atoms with Gasteiger partial charge in [0.2, 0.25) is 5.95 Å². The van der Waals surface area contributed by atoms with Crippen molar-refractivity contribution in [2.24, 2.45) is 0 Å². The van der Waals surface area contributed by atoms with Crippen molar-refractivity contribution in [3.05, 3.63) is 34.6 Å². The number of benzene rings is 1. The van der Waals surface area contributed by atoms with E-state index in [0.717, 1.165) is 0 Å². The molecule has 5 heteroatoms. The Bertz CT molecular complexity index is 611. The Morgan fingerprint density at radius 2 is 1.94 bits per heavy atom. The first kappa shape index (κ1) is 11.4. The molecule has 0 bridgehead atoms. The molecular weight excluding hydrogens is 218 g/mol. The van der Waals surface area contributed by atoms with Crippen LogP contribution in [0.5, 0.6) is 0 Å². The lowest BCUT2D eigenvalue weighted by molar-refractivity contribution is 0.178. The van der Waals surface area contributed by atoms with E-state index in [4.69, 9.17) is 0 Å². The highest BCUT2D eigenvalue weighted by molar-refractivity contribution is 5.78. The van der Waals surface area contributed by atoms with Gasteiger partial charge in [0.15, 0.2) is 0 Å². The molecule has 0 saturated heterocycles. The molecular formula is C12H15N3O2. The highest BCUT2D eigenvalue weighted by Crippen LogP contribution is 2.13. The first-order chi connectivity index (χ1) is 7.88. The van der Waals surface area contributed by atoms with Crippen molar-refractivity contribution in [2.75, 3.05) is 5.32 Å². The van der Waals surface area contributed by atoms with Crippen molar-refractivity contribution in [1.29, 1.82) is 0 Å². The number of anilines is 1. The first-order valence-corrected chi connectivity index (χ1v) is 5.38. The Balaban J connectivity index is 2.66. The molecule has 0 aliphatic carbocycles. The maximum atomic E-state index is 11.9. The number of hydrogen-bond acceptors (Lipinski definition) is 4. The topological polar surface area (TPSA) is 67.2 Å². The predicted octanol–water partition coefficient (Wildman–Crippen LogP) is 1.84. The summed E-state index contributed by atoms with van der Waals surface area (Å²) in [7, 11) is 0. The molecule has 5 nitrogen and oxygen atoms in total. The molecule has 17 heavy (non-hydrogen) atoms. The van der Waals surface area contributed by atoms with Gasteiger partial charge in [-0.05, 0) is 32.9 Å². The van der Waals surface area contributed by atoms with Gasteiger partial charge in [-0.15, -0.1) is 4.73 Å². The quantitative estimate of drug-likeness (QED) is 0.737. The highest BCUT2D eigenvalue weighted by Gasteiger charge is 2.15. The van der Waals surface area contributed by atoms with E-state index >= 15 is 0 Å². The van der Waals surface area contributed by atoms with Gasteiger partial charge in [-0.25, -0.2) is 4.98 Å². The van der Waals surface area contributed by atoms with Crippen molar-refractivity contribution < 1.29 is 5.21 Å². The molecule has 2 aromatic rings. The van der Waals surface area contributed by atoms with Gasteiger partial charge in [-0.2, -0.15) is 0 Å². The van der Waals surface area contributed by atoms with Gasteiger partial charge >= 0.3 is 0 Å². The van der Waals surface area contributed by atoms with Crippen LogP contribution in [0.15, 0.2) is 29.1 Å². The molecule has 1 heterocycles. The van der Waals surface area contributed by atoms with Crippen LogP contribution in [0.25, 0.3) is 10.9 Å². The molecule has 0 saturated carbocycles. The minimum absolute atomic E-state index is 0.154. The van der Waals surface area contributed by atoms with Crippen molar-refractivity contribution in [3.63, 3.8) is 0 Å². The van der Waals surface area contributed by atoms with Crippen LogP contribution in [0.4, 0.5) is 5.95 Å². The molecule has 90 valence electrons. The summed E-state index contributed by atoms with van der Waals surface area (Å²) in [6, 6.07) is 6.92. The Labute approximate surface area is 98.7 Å². The Kier molecular flexibility index (Phi) is 2.53. The zero-order chi connectivity index (χ0) is 12.6. The number of aromatic nitrogens is 2. The van der Waals surface area contributed by atoms with Crippen LogP contribution in [0.1, 0.15) is 20.8 Å². The van der Waals surface area contributed by atoms with E-state index in [1.54, 1.807) is 24.3 Å². The fraction of sp³-hybridized carbons (Fsp3) is 0.333. The number of nitrogens with one attached hydrogen (secondary N) is 1. The van der Waals surface area contributed by atoms with E-state index in [9.17, 15) is 10.0 Å². The van der Waals surface area contributed by atoms with E-state index in [2.05, 4.69) is 10.3 Å². The van der Waals surface area contributed by atoms with Crippen molar-refractivity contribution >= 4 is 16.9 Å². The summed E-state index contributed by atoms with van der Waals surface area (Å²) in [4.78, 5) is 16.1. The molecule has 0 aliphatic heterocycles. The van der Waals surface area contributed by atoms with Gasteiger partial charge in [-0.3, -0.25) is 4.79 Å². The molecule has 0 atom stereocenters. The molecule has 2 rings (SSSR count). The minimum Gasteiger partial charge on any atom is -0.422 e. The van der Waals surface area contributed by atoms with Gasteiger partial charge < -0.3 is 10.5 Å². The Hall–Kier alpha value is -2.04.